The summed E-state index contributed by atoms with van der Waals surface area (Å²) in [6, 6.07) is 4.08. The molecule has 1 unspecified atom stereocenters. The zero-order valence-corrected chi connectivity index (χ0v) is 13.0. The maximum Gasteiger partial charge on any atom is 0.261 e. The van der Waals surface area contributed by atoms with E-state index < -0.39 is 5.82 Å². The molecule has 0 amide bonds. The molecule has 0 radical (unpaired) electrons. The van der Waals surface area contributed by atoms with E-state index in [1.54, 1.807) is 29.5 Å². The van der Waals surface area contributed by atoms with Gasteiger partial charge in [0.25, 0.3) is 5.56 Å². The van der Waals surface area contributed by atoms with Crippen LogP contribution in [-0.4, -0.2) is 32.6 Å². The summed E-state index contributed by atoms with van der Waals surface area (Å²) < 4.78 is 15.1. The van der Waals surface area contributed by atoms with E-state index in [1.807, 2.05) is 0 Å². The molecule has 24 heavy (non-hydrogen) atoms. The third-order valence-electron chi connectivity index (χ3n) is 4.41. The van der Waals surface area contributed by atoms with E-state index in [1.165, 1.54) is 18.2 Å². The van der Waals surface area contributed by atoms with Gasteiger partial charge in [0, 0.05) is 25.5 Å². The lowest BCUT2D eigenvalue weighted by Crippen LogP contribution is -2.40. The maximum atomic E-state index is 13.5. The summed E-state index contributed by atoms with van der Waals surface area (Å²) in [6.45, 7) is 1.53. The number of anilines is 1. The van der Waals surface area contributed by atoms with E-state index in [4.69, 9.17) is 0 Å². The fourth-order valence-corrected chi connectivity index (χ4v) is 3.21. The lowest BCUT2D eigenvalue weighted by atomic mass is 10.1. The number of benzene rings is 1. The molecule has 0 saturated carbocycles. The quantitative estimate of drug-likeness (QED) is 0.722. The Balaban J connectivity index is 1.69. The van der Waals surface area contributed by atoms with Gasteiger partial charge in [0.15, 0.2) is 0 Å². The number of nitrogens with zero attached hydrogens (tertiary/aromatic N) is 5. The molecule has 0 N–H and O–H groups in total. The number of piperidine rings is 1. The van der Waals surface area contributed by atoms with Gasteiger partial charge in [-0.3, -0.25) is 14.3 Å². The van der Waals surface area contributed by atoms with Gasteiger partial charge in [-0.25, -0.2) is 14.4 Å². The highest BCUT2D eigenvalue weighted by Crippen LogP contribution is 2.24. The molecular formula is C17H16FN5O. The largest absolute Gasteiger partial charge is 0.353 e. The van der Waals surface area contributed by atoms with E-state index in [9.17, 15) is 9.18 Å². The second kappa shape index (κ2) is 5.99. The molecule has 0 aliphatic carbocycles. The average Bonchev–Trinajstić information content (AvgIpc) is 2.63. The molecule has 3 aromatic rings. The van der Waals surface area contributed by atoms with Crippen LogP contribution in [0.15, 0.2) is 47.9 Å². The minimum atomic E-state index is -0.427. The number of hydrogen-bond donors (Lipinski definition) is 0. The highest BCUT2D eigenvalue weighted by atomic mass is 19.1. The Hall–Kier alpha value is -2.83. The molecule has 1 aliphatic heterocycles. The minimum absolute atomic E-state index is 0.0200. The van der Waals surface area contributed by atoms with E-state index >= 15 is 0 Å². The number of fused-ring (bicyclic) bond motifs is 1. The van der Waals surface area contributed by atoms with Crippen molar-refractivity contribution in [2.75, 3.05) is 18.0 Å². The fraction of sp³-hybridized carbons (Fsp3) is 0.294. The molecule has 3 heterocycles. The van der Waals surface area contributed by atoms with Gasteiger partial charge < -0.3 is 4.90 Å². The van der Waals surface area contributed by atoms with E-state index in [0.717, 1.165) is 25.2 Å². The molecule has 0 bridgehead atoms. The molecule has 1 aromatic carbocycles. The van der Waals surface area contributed by atoms with Crippen LogP contribution in [0.5, 0.6) is 0 Å². The molecule has 1 fully saturated rings. The van der Waals surface area contributed by atoms with Crippen LogP contribution in [-0.2, 0) is 0 Å². The second-order valence-electron chi connectivity index (χ2n) is 5.92. The summed E-state index contributed by atoms with van der Waals surface area (Å²) in [5.74, 6) is 0.374. The Morgan fingerprint density at radius 1 is 1.21 bits per heavy atom. The topological polar surface area (TPSA) is 63.9 Å². The fourth-order valence-electron chi connectivity index (χ4n) is 3.21. The first-order valence-electron chi connectivity index (χ1n) is 7.90. The Morgan fingerprint density at radius 2 is 2.12 bits per heavy atom. The van der Waals surface area contributed by atoms with E-state index in [0.29, 0.717) is 17.4 Å². The van der Waals surface area contributed by atoms with Gasteiger partial charge in [-0.05, 0) is 31.0 Å². The number of halogens is 1. The third kappa shape index (κ3) is 2.62. The lowest BCUT2D eigenvalue weighted by molar-refractivity contribution is 0.393. The van der Waals surface area contributed by atoms with Crippen molar-refractivity contribution in [1.29, 1.82) is 0 Å². The number of hydrogen-bond acceptors (Lipinski definition) is 5. The summed E-state index contributed by atoms with van der Waals surface area (Å²) in [5.41, 5.74) is 0.310. The van der Waals surface area contributed by atoms with Crippen molar-refractivity contribution in [1.82, 2.24) is 19.5 Å². The molecule has 7 heteroatoms. The SMILES string of the molecule is O=c1c2cc(F)ccc2ncn1C1CCCN(c2cnccn2)C1. The minimum Gasteiger partial charge on any atom is -0.353 e. The molecule has 1 aliphatic rings. The van der Waals surface area contributed by atoms with Crippen LogP contribution in [0.25, 0.3) is 10.9 Å². The van der Waals surface area contributed by atoms with Gasteiger partial charge in [0.1, 0.15) is 11.6 Å². The first kappa shape index (κ1) is 14.7. The van der Waals surface area contributed by atoms with E-state index in [2.05, 4.69) is 19.9 Å². The molecule has 0 spiro atoms. The second-order valence-corrected chi connectivity index (χ2v) is 5.92. The zero-order valence-electron chi connectivity index (χ0n) is 13.0. The highest BCUT2D eigenvalue weighted by Gasteiger charge is 2.23. The Labute approximate surface area is 137 Å². The Kier molecular flexibility index (Phi) is 3.68. The Bertz CT molecular complexity index is 927. The molecule has 1 atom stereocenters. The highest BCUT2D eigenvalue weighted by molar-refractivity contribution is 5.77. The summed E-state index contributed by atoms with van der Waals surface area (Å²) in [4.78, 5) is 27.6. The van der Waals surface area contributed by atoms with Crippen LogP contribution >= 0.6 is 0 Å². The molecular weight excluding hydrogens is 309 g/mol. The van der Waals surface area contributed by atoms with Crippen LogP contribution < -0.4 is 10.5 Å². The lowest BCUT2D eigenvalue weighted by Gasteiger charge is -2.34. The van der Waals surface area contributed by atoms with E-state index in [-0.39, 0.29) is 11.6 Å². The van der Waals surface area contributed by atoms with Crippen molar-refractivity contribution < 1.29 is 4.39 Å². The van der Waals surface area contributed by atoms with Gasteiger partial charge in [-0.1, -0.05) is 0 Å². The van der Waals surface area contributed by atoms with Crippen LogP contribution in [0.2, 0.25) is 0 Å². The van der Waals surface area contributed by atoms with Crippen LogP contribution in [0.1, 0.15) is 18.9 Å². The number of aromatic nitrogens is 4. The maximum absolute atomic E-state index is 13.5. The van der Waals surface area contributed by atoms with Crippen molar-refractivity contribution in [2.24, 2.45) is 0 Å². The van der Waals surface area contributed by atoms with Crippen molar-refractivity contribution >= 4 is 16.7 Å². The smallest absolute Gasteiger partial charge is 0.261 e. The van der Waals surface area contributed by atoms with Crippen LogP contribution in [0, 0.1) is 5.82 Å². The Morgan fingerprint density at radius 3 is 2.96 bits per heavy atom. The molecule has 122 valence electrons. The first-order valence-corrected chi connectivity index (χ1v) is 7.90. The van der Waals surface area contributed by atoms with Gasteiger partial charge in [-0.2, -0.15) is 0 Å². The third-order valence-corrected chi connectivity index (χ3v) is 4.41. The molecule has 6 nitrogen and oxygen atoms in total. The van der Waals surface area contributed by atoms with Gasteiger partial charge in [-0.15, -0.1) is 0 Å². The summed E-state index contributed by atoms with van der Waals surface area (Å²) in [5, 5.41) is 0.314. The van der Waals surface area contributed by atoms with Crippen LogP contribution in [0.3, 0.4) is 0 Å². The monoisotopic (exact) mass is 325 g/mol. The summed E-state index contributed by atoms with van der Waals surface area (Å²) in [6.07, 6.45) is 8.39. The van der Waals surface area contributed by atoms with Crippen molar-refractivity contribution in [3.8, 4) is 0 Å². The summed E-state index contributed by atoms with van der Waals surface area (Å²) in [7, 11) is 0. The van der Waals surface area contributed by atoms with Crippen molar-refractivity contribution in [2.45, 2.75) is 18.9 Å². The van der Waals surface area contributed by atoms with Crippen molar-refractivity contribution in [3.63, 3.8) is 0 Å². The van der Waals surface area contributed by atoms with Crippen molar-refractivity contribution in [3.05, 3.63) is 59.3 Å². The summed E-state index contributed by atoms with van der Waals surface area (Å²) >= 11 is 0. The van der Waals surface area contributed by atoms with Crippen LogP contribution in [0.4, 0.5) is 10.2 Å². The first-order chi connectivity index (χ1) is 11.7. The van der Waals surface area contributed by atoms with Gasteiger partial charge >= 0.3 is 0 Å². The standard InChI is InChI=1S/C17H16FN5O/c18-12-3-4-15-14(8-12)17(24)23(11-21-15)13-2-1-7-22(10-13)16-9-19-5-6-20-16/h3-6,8-9,11,13H,1-2,7,10H2. The predicted molar refractivity (Wildman–Crippen MR) is 88.5 cm³/mol. The van der Waals surface area contributed by atoms with Gasteiger partial charge in [0.05, 0.1) is 29.5 Å². The average molecular weight is 325 g/mol. The molecule has 4 rings (SSSR count). The zero-order chi connectivity index (χ0) is 16.5. The molecule has 2 aromatic heterocycles. The van der Waals surface area contributed by atoms with Gasteiger partial charge in [0.2, 0.25) is 0 Å². The number of rotatable bonds is 2. The predicted octanol–water partition coefficient (Wildman–Crippen LogP) is 2.17. The molecule has 1 saturated heterocycles. The normalized spacial score (nSPS) is 18.0.